The third-order valence-corrected chi connectivity index (χ3v) is 4.15. The van der Waals surface area contributed by atoms with Crippen molar-refractivity contribution in [2.24, 2.45) is 0 Å². The van der Waals surface area contributed by atoms with Gasteiger partial charge in [0.15, 0.2) is 11.6 Å². The molecular formula is C20H22FNO4. The molecule has 1 N–H and O–H groups in total. The second-order valence-electron chi connectivity index (χ2n) is 6.22. The van der Waals surface area contributed by atoms with Gasteiger partial charge in [0, 0.05) is 18.1 Å². The van der Waals surface area contributed by atoms with E-state index in [4.69, 9.17) is 14.2 Å². The number of hydrogen-bond acceptors (Lipinski definition) is 4. The van der Waals surface area contributed by atoms with Crippen molar-refractivity contribution in [2.75, 3.05) is 19.0 Å². The van der Waals surface area contributed by atoms with Crippen LogP contribution in [0.4, 0.5) is 10.1 Å². The van der Waals surface area contributed by atoms with Crippen LogP contribution in [0.5, 0.6) is 17.2 Å². The van der Waals surface area contributed by atoms with Crippen LogP contribution in [0, 0.1) is 5.82 Å². The van der Waals surface area contributed by atoms with Gasteiger partial charge >= 0.3 is 0 Å². The largest absolute Gasteiger partial charge is 0.494 e. The van der Waals surface area contributed by atoms with E-state index in [9.17, 15) is 9.18 Å². The number of amides is 1. The summed E-state index contributed by atoms with van der Waals surface area (Å²) in [4.78, 5) is 12.4. The Morgan fingerprint density at radius 3 is 2.81 bits per heavy atom. The van der Waals surface area contributed by atoms with Crippen molar-refractivity contribution >= 4 is 11.6 Å². The number of halogens is 1. The third kappa shape index (κ3) is 3.90. The highest BCUT2D eigenvalue weighted by Crippen LogP contribution is 2.38. The van der Waals surface area contributed by atoms with Gasteiger partial charge in [-0.1, -0.05) is 6.07 Å². The number of benzene rings is 2. The van der Waals surface area contributed by atoms with Crippen LogP contribution in [0.25, 0.3) is 0 Å². The van der Waals surface area contributed by atoms with Crippen LogP contribution in [0.3, 0.4) is 0 Å². The summed E-state index contributed by atoms with van der Waals surface area (Å²) >= 11 is 0. The first-order chi connectivity index (χ1) is 12.5. The number of rotatable bonds is 6. The molecule has 1 aliphatic heterocycles. The predicted octanol–water partition coefficient (Wildman–Crippen LogP) is 3.74. The SMILES string of the molecule is CCOc1cc2c(cc1NC(=O)Cc1ccc(OC)c(F)c1)OC(C)C2. The number of carbonyl (C=O) groups excluding carboxylic acids is 1. The summed E-state index contributed by atoms with van der Waals surface area (Å²) in [6.07, 6.45) is 0.961. The van der Waals surface area contributed by atoms with Crippen LogP contribution in [-0.4, -0.2) is 25.7 Å². The van der Waals surface area contributed by atoms with Crippen LogP contribution in [0.1, 0.15) is 25.0 Å². The summed E-state index contributed by atoms with van der Waals surface area (Å²) in [5, 5.41) is 2.84. The second kappa shape index (κ2) is 7.64. The average Bonchev–Trinajstić information content (AvgIpc) is 2.94. The van der Waals surface area contributed by atoms with Crippen LogP contribution >= 0.6 is 0 Å². The molecule has 2 aromatic rings. The number of nitrogens with one attached hydrogen (secondary N) is 1. The molecule has 26 heavy (non-hydrogen) atoms. The third-order valence-electron chi connectivity index (χ3n) is 4.15. The summed E-state index contributed by atoms with van der Waals surface area (Å²) < 4.78 is 30.1. The molecule has 1 heterocycles. The monoisotopic (exact) mass is 359 g/mol. The van der Waals surface area contributed by atoms with Gasteiger partial charge in [0.25, 0.3) is 0 Å². The molecule has 0 aromatic heterocycles. The Morgan fingerprint density at radius 1 is 1.31 bits per heavy atom. The van der Waals surface area contributed by atoms with Gasteiger partial charge in [-0.05, 0) is 37.6 Å². The van der Waals surface area contributed by atoms with E-state index in [1.54, 1.807) is 12.1 Å². The Morgan fingerprint density at radius 2 is 2.12 bits per heavy atom. The maximum Gasteiger partial charge on any atom is 0.228 e. The average molecular weight is 359 g/mol. The van der Waals surface area contributed by atoms with Crippen molar-refractivity contribution in [3.05, 3.63) is 47.3 Å². The van der Waals surface area contributed by atoms with E-state index in [0.29, 0.717) is 23.6 Å². The van der Waals surface area contributed by atoms with E-state index in [1.165, 1.54) is 19.2 Å². The normalized spacial score (nSPS) is 15.2. The Hall–Kier alpha value is -2.76. The molecule has 0 saturated carbocycles. The molecule has 0 bridgehead atoms. The van der Waals surface area contributed by atoms with Gasteiger partial charge in [-0.15, -0.1) is 0 Å². The highest BCUT2D eigenvalue weighted by atomic mass is 19.1. The fourth-order valence-corrected chi connectivity index (χ4v) is 3.01. The Balaban J connectivity index is 1.76. The van der Waals surface area contributed by atoms with Crippen molar-refractivity contribution in [3.63, 3.8) is 0 Å². The number of anilines is 1. The van der Waals surface area contributed by atoms with E-state index in [2.05, 4.69) is 5.32 Å². The highest BCUT2D eigenvalue weighted by molar-refractivity contribution is 5.94. The minimum absolute atomic E-state index is 0.0425. The molecule has 0 radical (unpaired) electrons. The maximum atomic E-state index is 13.8. The van der Waals surface area contributed by atoms with Gasteiger partial charge in [0.2, 0.25) is 5.91 Å². The first-order valence-electron chi connectivity index (χ1n) is 8.58. The van der Waals surface area contributed by atoms with Gasteiger partial charge < -0.3 is 19.5 Å². The van der Waals surface area contributed by atoms with Gasteiger partial charge in [-0.3, -0.25) is 4.79 Å². The first-order valence-corrected chi connectivity index (χ1v) is 8.58. The zero-order valence-electron chi connectivity index (χ0n) is 15.1. The summed E-state index contributed by atoms with van der Waals surface area (Å²) in [7, 11) is 1.40. The zero-order valence-corrected chi connectivity index (χ0v) is 15.1. The summed E-state index contributed by atoms with van der Waals surface area (Å²) in [6, 6.07) is 8.17. The first kappa shape index (κ1) is 18.0. The smallest absolute Gasteiger partial charge is 0.228 e. The summed E-state index contributed by atoms with van der Waals surface area (Å²) in [5.74, 6) is 0.761. The minimum Gasteiger partial charge on any atom is -0.494 e. The van der Waals surface area contributed by atoms with E-state index < -0.39 is 5.82 Å². The van der Waals surface area contributed by atoms with Gasteiger partial charge in [0.05, 0.1) is 25.8 Å². The Kier molecular flexibility index (Phi) is 5.30. The molecule has 6 heteroatoms. The number of carbonyl (C=O) groups is 1. The predicted molar refractivity (Wildman–Crippen MR) is 96.7 cm³/mol. The van der Waals surface area contributed by atoms with E-state index in [-0.39, 0.29) is 24.2 Å². The molecule has 0 aliphatic carbocycles. The lowest BCUT2D eigenvalue weighted by Gasteiger charge is -2.14. The summed E-state index contributed by atoms with van der Waals surface area (Å²) in [6.45, 7) is 4.37. The molecule has 0 fully saturated rings. The molecule has 1 unspecified atom stereocenters. The fraction of sp³-hybridized carbons (Fsp3) is 0.350. The van der Waals surface area contributed by atoms with Crippen molar-refractivity contribution in [1.29, 1.82) is 0 Å². The Labute approximate surface area is 152 Å². The van der Waals surface area contributed by atoms with Crippen molar-refractivity contribution in [1.82, 2.24) is 0 Å². The number of methoxy groups -OCH3 is 1. The minimum atomic E-state index is -0.493. The lowest BCUT2D eigenvalue weighted by Crippen LogP contribution is -2.15. The lowest BCUT2D eigenvalue weighted by atomic mass is 10.1. The quantitative estimate of drug-likeness (QED) is 0.854. The molecular weight excluding hydrogens is 337 g/mol. The topological polar surface area (TPSA) is 56.8 Å². The number of hydrogen-bond donors (Lipinski definition) is 1. The van der Waals surface area contributed by atoms with Crippen molar-refractivity contribution < 1.29 is 23.4 Å². The molecule has 0 saturated heterocycles. The van der Waals surface area contributed by atoms with Crippen LogP contribution in [0.2, 0.25) is 0 Å². The number of ether oxygens (including phenoxy) is 3. The maximum absolute atomic E-state index is 13.8. The van der Waals surface area contributed by atoms with Gasteiger partial charge in [-0.25, -0.2) is 4.39 Å². The van der Waals surface area contributed by atoms with Gasteiger partial charge in [0.1, 0.15) is 17.6 Å². The summed E-state index contributed by atoms with van der Waals surface area (Å²) in [5.41, 5.74) is 2.18. The van der Waals surface area contributed by atoms with Gasteiger partial charge in [-0.2, -0.15) is 0 Å². The molecule has 1 aliphatic rings. The van der Waals surface area contributed by atoms with Crippen LogP contribution < -0.4 is 19.5 Å². The standard InChI is InChI=1S/C20H22FNO4/c1-4-25-19-10-14-7-12(2)26-18(14)11-16(19)22-20(23)9-13-5-6-17(24-3)15(21)8-13/h5-6,8,10-12H,4,7,9H2,1-3H3,(H,22,23). The number of fused-ring (bicyclic) bond motifs is 1. The van der Waals surface area contributed by atoms with E-state index in [0.717, 1.165) is 17.7 Å². The Bertz CT molecular complexity index is 822. The highest BCUT2D eigenvalue weighted by Gasteiger charge is 2.22. The van der Waals surface area contributed by atoms with Crippen LogP contribution in [-0.2, 0) is 17.6 Å². The van der Waals surface area contributed by atoms with E-state index in [1.807, 2.05) is 19.9 Å². The van der Waals surface area contributed by atoms with E-state index >= 15 is 0 Å². The zero-order chi connectivity index (χ0) is 18.7. The molecule has 1 amide bonds. The fourth-order valence-electron chi connectivity index (χ4n) is 3.01. The van der Waals surface area contributed by atoms with Crippen LogP contribution in [0.15, 0.2) is 30.3 Å². The van der Waals surface area contributed by atoms with Crippen molar-refractivity contribution in [2.45, 2.75) is 32.8 Å². The molecule has 3 rings (SSSR count). The van der Waals surface area contributed by atoms with Crippen molar-refractivity contribution in [3.8, 4) is 17.2 Å². The molecule has 138 valence electrons. The molecule has 0 spiro atoms. The second-order valence-corrected chi connectivity index (χ2v) is 6.22. The molecule has 1 atom stereocenters. The molecule has 5 nitrogen and oxygen atoms in total. The lowest BCUT2D eigenvalue weighted by molar-refractivity contribution is -0.115. The molecule has 2 aromatic carbocycles.